The van der Waals surface area contributed by atoms with Crippen LogP contribution in [0.25, 0.3) is 0 Å². The summed E-state index contributed by atoms with van der Waals surface area (Å²) >= 11 is 0. The number of hydrogen-bond donors (Lipinski definition) is 0. The van der Waals surface area contributed by atoms with Gasteiger partial charge in [0.05, 0.1) is 18.6 Å². The lowest BCUT2D eigenvalue weighted by atomic mass is 10.5. The lowest BCUT2D eigenvalue weighted by Crippen LogP contribution is -2.07. The number of aromatic nitrogens is 2. The van der Waals surface area contributed by atoms with E-state index in [1.807, 2.05) is 25.5 Å². The molecule has 3 nitrogen and oxygen atoms in total. The van der Waals surface area contributed by atoms with E-state index in [1.54, 1.807) is 12.5 Å². The summed E-state index contributed by atoms with van der Waals surface area (Å²) < 4.78 is 7.23. The van der Waals surface area contributed by atoms with Gasteiger partial charge in [0.1, 0.15) is 0 Å². The zero-order valence-corrected chi connectivity index (χ0v) is 6.53. The van der Waals surface area contributed by atoms with Gasteiger partial charge in [-0.1, -0.05) is 0 Å². The Balaban J connectivity index is 2.65. The maximum Gasteiger partial charge on any atom is 0.213 e. The van der Waals surface area contributed by atoms with Crippen LogP contribution in [-0.4, -0.2) is 15.7 Å². The van der Waals surface area contributed by atoms with E-state index in [2.05, 4.69) is 4.98 Å². The lowest BCUT2D eigenvalue weighted by Gasteiger charge is -2.08. The Morgan fingerprint density at radius 1 is 1.60 bits per heavy atom. The van der Waals surface area contributed by atoms with Crippen molar-refractivity contribution in [2.24, 2.45) is 7.05 Å². The normalized spacial score (nSPS) is 10.4. The monoisotopic (exact) mass is 140 g/mol. The largest absolute Gasteiger partial charge is 0.475 e. The van der Waals surface area contributed by atoms with E-state index >= 15 is 0 Å². The minimum Gasteiger partial charge on any atom is -0.475 e. The number of rotatable bonds is 2. The molecule has 1 aromatic rings. The van der Waals surface area contributed by atoms with E-state index in [4.69, 9.17) is 4.74 Å². The molecule has 0 aliphatic heterocycles. The highest BCUT2D eigenvalue weighted by Crippen LogP contribution is 2.08. The second kappa shape index (κ2) is 2.73. The van der Waals surface area contributed by atoms with E-state index in [0.717, 1.165) is 5.88 Å². The van der Waals surface area contributed by atoms with Gasteiger partial charge in [-0.25, -0.2) is 4.98 Å². The third-order valence-electron chi connectivity index (χ3n) is 1.13. The molecule has 10 heavy (non-hydrogen) atoms. The smallest absolute Gasteiger partial charge is 0.213 e. The van der Waals surface area contributed by atoms with Crippen LogP contribution in [0.15, 0.2) is 12.5 Å². The van der Waals surface area contributed by atoms with E-state index < -0.39 is 0 Å². The van der Waals surface area contributed by atoms with Crippen molar-refractivity contribution in [2.45, 2.75) is 20.0 Å². The van der Waals surface area contributed by atoms with E-state index in [0.29, 0.717) is 0 Å². The fourth-order valence-electron chi connectivity index (χ4n) is 0.700. The second-order valence-electron chi connectivity index (χ2n) is 2.51. The van der Waals surface area contributed by atoms with E-state index in [-0.39, 0.29) is 6.10 Å². The molecular weight excluding hydrogens is 128 g/mol. The molecule has 1 aromatic heterocycles. The van der Waals surface area contributed by atoms with Crippen molar-refractivity contribution in [3.05, 3.63) is 12.5 Å². The van der Waals surface area contributed by atoms with Crippen molar-refractivity contribution in [3.8, 4) is 5.88 Å². The molecule has 0 aliphatic carbocycles. The summed E-state index contributed by atoms with van der Waals surface area (Å²) in [6, 6.07) is 0. The lowest BCUT2D eigenvalue weighted by molar-refractivity contribution is 0.225. The molecule has 0 spiro atoms. The van der Waals surface area contributed by atoms with Gasteiger partial charge in [0.25, 0.3) is 0 Å². The van der Waals surface area contributed by atoms with Crippen molar-refractivity contribution < 1.29 is 4.74 Å². The van der Waals surface area contributed by atoms with Gasteiger partial charge >= 0.3 is 0 Å². The molecule has 0 atom stereocenters. The molecule has 0 unspecified atom stereocenters. The SMILES string of the molecule is CC(C)Oc1cncn1C. The van der Waals surface area contributed by atoms with Crippen LogP contribution >= 0.6 is 0 Å². The molecule has 0 aromatic carbocycles. The summed E-state index contributed by atoms with van der Waals surface area (Å²) in [5.74, 6) is 0.815. The number of aryl methyl sites for hydroxylation is 1. The van der Waals surface area contributed by atoms with Crippen molar-refractivity contribution in [1.29, 1.82) is 0 Å². The van der Waals surface area contributed by atoms with Crippen LogP contribution < -0.4 is 4.74 Å². The van der Waals surface area contributed by atoms with E-state index in [9.17, 15) is 0 Å². The summed E-state index contributed by atoms with van der Waals surface area (Å²) in [6.07, 6.45) is 3.65. The quantitative estimate of drug-likeness (QED) is 0.617. The minimum atomic E-state index is 0.218. The van der Waals surface area contributed by atoms with Crippen LogP contribution in [0.2, 0.25) is 0 Å². The summed E-state index contributed by atoms with van der Waals surface area (Å²) in [4.78, 5) is 3.91. The first-order valence-corrected chi connectivity index (χ1v) is 3.33. The molecule has 1 rings (SSSR count). The predicted octanol–water partition coefficient (Wildman–Crippen LogP) is 1.21. The minimum absolute atomic E-state index is 0.218. The molecular formula is C7H12N2O. The van der Waals surface area contributed by atoms with Crippen LogP contribution in [0.3, 0.4) is 0 Å². The predicted molar refractivity (Wildman–Crippen MR) is 39.0 cm³/mol. The standard InChI is InChI=1S/C7H12N2O/c1-6(2)10-7-4-8-5-9(7)3/h4-6H,1-3H3. The van der Waals surface area contributed by atoms with Crippen LogP contribution in [0.5, 0.6) is 5.88 Å². The van der Waals surface area contributed by atoms with Crippen LogP contribution in [0.1, 0.15) is 13.8 Å². The number of nitrogens with zero attached hydrogens (tertiary/aromatic N) is 2. The van der Waals surface area contributed by atoms with Crippen molar-refractivity contribution in [2.75, 3.05) is 0 Å². The molecule has 0 saturated carbocycles. The molecule has 0 amide bonds. The molecule has 0 bridgehead atoms. The van der Waals surface area contributed by atoms with Crippen LogP contribution in [0.4, 0.5) is 0 Å². The fourth-order valence-corrected chi connectivity index (χ4v) is 0.700. The zero-order chi connectivity index (χ0) is 7.56. The molecule has 0 radical (unpaired) electrons. The highest BCUT2D eigenvalue weighted by Gasteiger charge is 1.99. The molecule has 3 heteroatoms. The molecule has 0 N–H and O–H groups in total. The van der Waals surface area contributed by atoms with Gasteiger partial charge in [-0.3, -0.25) is 0 Å². The Bertz CT molecular complexity index is 205. The van der Waals surface area contributed by atoms with Gasteiger partial charge in [0.2, 0.25) is 5.88 Å². The van der Waals surface area contributed by atoms with Gasteiger partial charge in [-0.2, -0.15) is 0 Å². The zero-order valence-electron chi connectivity index (χ0n) is 6.53. The van der Waals surface area contributed by atoms with Gasteiger partial charge in [0.15, 0.2) is 0 Å². The average Bonchev–Trinajstić information content (AvgIpc) is 2.15. The molecule has 1 heterocycles. The van der Waals surface area contributed by atoms with Gasteiger partial charge < -0.3 is 9.30 Å². The average molecular weight is 140 g/mol. The van der Waals surface area contributed by atoms with Crippen LogP contribution in [-0.2, 0) is 7.05 Å². The Morgan fingerprint density at radius 3 is 2.70 bits per heavy atom. The summed E-state index contributed by atoms with van der Waals surface area (Å²) in [7, 11) is 1.91. The Morgan fingerprint density at radius 2 is 2.30 bits per heavy atom. The van der Waals surface area contributed by atoms with Crippen molar-refractivity contribution in [1.82, 2.24) is 9.55 Å². The molecule has 0 aliphatic rings. The molecule has 0 fully saturated rings. The third kappa shape index (κ3) is 1.50. The van der Waals surface area contributed by atoms with E-state index in [1.165, 1.54) is 0 Å². The second-order valence-corrected chi connectivity index (χ2v) is 2.51. The Kier molecular flexibility index (Phi) is 1.94. The topological polar surface area (TPSA) is 27.1 Å². The highest BCUT2D eigenvalue weighted by atomic mass is 16.5. The Hall–Kier alpha value is -0.990. The van der Waals surface area contributed by atoms with Gasteiger partial charge in [0, 0.05) is 7.05 Å². The van der Waals surface area contributed by atoms with Crippen molar-refractivity contribution >= 4 is 0 Å². The summed E-state index contributed by atoms with van der Waals surface area (Å²) in [6.45, 7) is 3.99. The maximum absolute atomic E-state index is 5.39. The first kappa shape index (κ1) is 7.12. The van der Waals surface area contributed by atoms with Crippen molar-refractivity contribution in [3.63, 3.8) is 0 Å². The van der Waals surface area contributed by atoms with Gasteiger partial charge in [-0.15, -0.1) is 0 Å². The number of imidazole rings is 1. The first-order chi connectivity index (χ1) is 4.70. The Labute approximate surface area is 60.6 Å². The number of ether oxygens (including phenoxy) is 1. The molecule has 0 saturated heterocycles. The van der Waals surface area contributed by atoms with Crippen LogP contribution in [0, 0.1) is 0 Å². The fraction of sp³-hybridized carbons (Fsp3) is 0.571. The third-order valence-corrected chi connectivity index (χ3v) is 1.13. The highest BCUT2D eigenvalue weighted by molar-refractivity contribution is 5.04. The number of hydrogen-bond acceptors (Lipinski definition) is 2. The van der Waals surface area contributed by atoms with Gasteiger partial charge in [-0.05, 0) is 13.8 Å². The molecule has 56 valence electrons. The summed E-state index contributed by atoms with van der Waals surface area (Å²) in [5.41, 5.74) is 0. The first-order valence-electron chi connectivity index (χ1n) is 3.33. The maximum atomic E-state index is 5.39. The summed E-state index contributed by atoms with van der Waals surface area (Å²) in [5, 5.41) is 0.